The molecule has 114 valence electrons. The number of nitrogens with one attached hydrogen (secondary N) is 1. The third-order valence-electron chi connectivity index (χ3n) is 4.20. The molecule has 2 aromatic carbocycles. The van der Waals surface area contributed by atoms with Crippen LogP contribution in [0.3, 0.4) is 0 Å². The number of carbonyl (C=O) groups is 1. The summed E-state index contributed by atoms with van der Waals surface area (Å²) in [6.07, 6.45) is 3.64. The van der Waals surface area contributed by atoms with Crippen LogP contribution in [0, 0.1) is 0 Å². The first-order valence-electron chi connectivity index (χ1n) is 7.76. The number of amides is 1. The van der Waals surface area contributed by atoms with E-state index in [1.54, 1.807) is 7.11 Å². The molecule has 2 aromatic rings. The van der Waals surface area contributed by atoms with Crippen LogP contribution in [-0.2, 0) is 17.6 Å². The summed E-state index contributed by atoms with van der Waals surface area (Å²) >= 11 is 0. The molecule has 1 aliphatic carbocycles. The van der Waals surface area contributed by atoms with Crippen molar-refractivity contribution in [3.63, 3.8) is 0 Å². The fourth-order valence-electron chi connectivity index (χ4n) is 3.12. The predicted molar refractivity (Wildman–Crippen MR) is 87.0 cm³/mol. The summed E-state index contributed by atoms with van der Waals surface area (Å²) in [7, 11) is 1.64. The summed E-state index contributed by atoms with van der Waals surface area (Å²) < 4.78 is 5.20. The maximum Gasteiger partial charge on any atom is 0.224 e. The van der Waals surface area contributed by atoms with Crippen LogP contribution in [0.25, 0.3) is 0 Å². The summed E-state index contributed by atoms with van der Waals surface area (Å²) in [5.41, 5.74) is 3.61. The van der Waals surface area contributed by atoms with Crippen LogP contribution in [0.4, 0.5) is 0 Å². The Hall–Kier alpha value is -2.29. The zero-order chi connectivity index (χ0) is 15.4. The van der Waals surface area contributed by atoms with Crippen LogP contribution in [-0.4, -0.2) is 13.0 Å². The Bertz CT molecular complexity index is 666. The average molecular weight is 295 g/mol. The highest BCUT2D eigenvalue weighted by Gasteiger charge is 2.21. The topological polar surface area (TPSA) is 38.3 Å². The summed E-state index contributed by atoms with van der Waals surface area (Å²) in [4.78, 5) is 12.3. The van der Waals surface area contributed by atoms with Gasteiger partial charge in [0.15, 0.2) is 0 Å². The Morgan fingerprint density at radius 2 is 2.09 bits per heavy atom. The third-order valence-corrected chi connectivity index (χ3v) is 4.20. The lowest BCUT2D eigenvalue weighted by atomic mass is 9.87. The van der Waals surface area contributed by atoms with Crippen molar-refractivity contribution in [1.29, 1.82) is 0 Å². The lowest BCUT2D eigenvalue weighted by molar-refractivity contribution is -0.121. The molecule has 0 unspecified atom stereocenters. The van der Waals surface area contributed by atoms with Crippen LogP contribution in [0.5, 0.6) is 5.75 Å². The fourth-order valence-corrected chi connectivity index (χ4v) is 3.12. The highest BCUT2D eigenvalue weighted by Crippen LogP contribution is 2.29. The van der Waals surface area contributed by atoms with Gasteiger partial charge in [0.05, 0.1) is 19.6 Å². The molecule has 1 atom stereocenters. The van der Waals surface area contributed by atoms with Crippen molar-refractivity contribution >= 4 is 5.91 Å². The predicted octanol–water partition coefficient (Wildman–Crippen LogP) is 3.43. The van der Waals surface area contributed by atoms with E-state index in [1.807, 2.05) is 30.3 Å². The van der Waals surface area contributed by atoms with E-state index < -0.39 is 0 Å². The van der Waals surface area contributed by atoms with Gasteiger partial charge in [0.25, 0.3) is 0 Å². The fraction of sp³-hybridized carbons (Fsp3) is 0.316. The van der Waals surface area contributed by atoms with Gasteiger partial charge in [-0.2, -0.15) is 0 Å². The largest absolute Gasteiger partial charge is 0.497 e. The normalized spacial score (nSPS) is 16.7. The molecule has 0 fully saturated rings. The molecule has 0 radical (unpaired) electrons. The van der Waals surface area contributed by atoms with Crippen LogP contribution >= 0.6 is 0 Å². The number of hydrogen-bond acceptors (Lipinski definition) is 2. The lowest BCUT2D eigenvalue weighted by Crippen LogP contribution is -2.32. The molecule has 1 amide bonds. The van der Waals surface area contributed by atoms with Gasteiger partial charge in [-0.05, 0) is 48.1 Å². The second-order valence-electron chi connectivity index (χ2n) is 5.74. The van der Waals surface area contributed by atoms with Gasteiger partial charge in [-0.3, -0.25) is 4.79 Å². The number of methoxy groups -OCH3 is 1. The van der Waals surface area contributed by atoms with Crippen molar-refractivity contribution in [2.45, 2.75) is 31.7 Å². The average Bonchev–Trinajstić information content (AvgIpc) is 2.55. The van der Waals surface area contributed by atoms with E-state index in [-0.39, 0.29) is 11.9 Å². The van der Waals surface area contributed by atoms with Gasteiger partial charge in [-0.25, -0.2) is 0 Å². The van der Waals surface area contributed by atoms with Crippen molar-refractivity contribution in [2.24, 2.45) is 0 Å². The Balaban J connectivity index is 1.67. The van der Waals surface area contributed by atoms with Gasteiger partial charge in [-0.1, -0.05) is 36.4 Å². The standard InChI is InChI=1S/C19H21NO2/c1-22-16-9-4-6-14(12-16)13-19(21)20-18-11-5-8-15-7-2-3-10-17(15)18/h2-4,6-7,9-10,12,18H,5,8,11,13H2,1H3,(H,20,21)/t18-/m0/s1. The molecular formula is C19H21NO2. The number of hydrogen-bond donors (Lipinski definition) is 1. The monoisotopic (exact) mass is 295 g/mol. The lowest BCUT2D eigenvalue weighted by Gasteiger charge is -2.26. The summed E-state index contributed by atoms with van der Waals surface area (Å²) in [5, 5.41) is 3.18. The highest BCUT2D eigenvalue weighted by atomic mass is 16.5. The van der Waals surface area contributed by atoms with Crippen molar-refractivity contribution in [2.75, 3.05) is 7.11 Å². The third kappa shape index (κ3) is 3.30. The molecule has 3 heteroatoms. The van der Waals surface area contributed by atoms with Crippen LogP contribution in [0.1, 0.15) is 35.6 Å². The van der Waals surface area contributed by atoms with Crippen molar-refractivity contribution < 1.29 is 9.53 Å². The van der Waals surface area contributed by atoms with Gasteiger partial charge in [0.2, 0.25) is 5.91 Å². The van der Waals surface area contributed by atoms with E-state index in [1.165, 1.54) is 11.1 Å². The van der Waals surface area contributed by atoms with E-state index in [9.17, 15) is 4.79 Å². The van der Waals surface area contributed by atoms with Gasteiger partial charge < -0.3 is 10.1 Å². The van der Waals surface area contributed by atoms with Gasteiger partial charge in [0.1, 0.15) is 5.75 Å². The van der Waals surface area contributed by atoms with Crippen LogP contribution < -0.4 is 10.1 Å². The molecular weight excluding hydrogens is 274 g/mol. The van der Waals surface area contributed by atoms with Crippen molar-refractivity contribution in [3.8, 4) is 5.75 Å². The first-order valence-corrected chi connectivity index (χ1v) is 7.76. The SMILES string of the molecule is COc1cccc(CC(=O)N[C@H]2CCCc3ccccc32)c1. The second kappa shape index (κ2) is 6.65. The molecule has 1 N–H and O–H groups in total. The molecule has 0 saturated carbocycles. The zero-order valence-corrected chi connectivity index (χ0v) is 12.8. The molecule has 3 rings (SSSR count). The second-order valence-corrected chi connectivity index (χ2v) is 5.74. The van der Waals surface area contributed by atoms with E-state index in [0.29, 0.717) is 6.42 Å². The maximum atomic E-state index is 12.3. The van der Waals surface area contributed by atoms with Crippen molar-refractivity contribution in [1.82, 2.24) is 5.32 Å². The molecule has 22 heavy (non-hydrogen) atoms. The number of carbonyl (C=O) groups excluding carboxylic acids is 1. The number of ether oxygens (including phenoxy) is 1. The molecule has 0 bridgehead atoms. The molecule has 0 saturated heterocycles. The smallest absolute Gasteiger partial charge is 0.224 e. The Kier molecular flexibility index (Phi) is 4.42. The van der Waals surface area contributed by atoms with Crippen molar-refractivity contribution in [3.05, 3.63) is 65.2 Å². The molecule has 0 aliphatic heterocycles. The number of benzene rings is 2. The minimum absolute atomic E-state index is 0.0648. The molecule has 0 aromatic heterocycles. The number of rotatable bonds is 4. The first-order chi connectivity index (χ1) is 10.8. The molecule has 0 heterocycles. The van der Waals surface area contributed by atoms with E-state index in [4.69, 9.17) is 4.74 Å². The number of aryl methyl sites for hydroxylation is 1. The maximum absolute atomic E-state index is 12.3. The Morgan fingerprint density at radius 1 is 1.23 bits per heavy atom. The molecule has 1 aliphatic rings. The summed E-state index contributed by atoms with van der Waals surface area (Å²) in [6, 6.07) is 16.2. The van der Waals surface area contributed by atoms with Gasteiger partial charge >= 0.3 is 0 Å². The minimum atomic E-state index is 0.0648. The minimum Gasteiger partial charge on any atom is -0.497 e. The Morgan fingerprint density at radius 3 is 2.95 bits per heavy atom. The highest BCUT2D eigenvalue weighted by molar-refractivity contribution is 5.79. The summed E-state index contributed by atoms with van der Waals surface area (Å²) in [5.74, 6) is 0.850. The van der Waals surface area contributed by atoms with E-state index >= 15 is 0 Å². The van der Waals surface area contributed by atoms with Crippen LogP contribution in [0.2, 0.25) is 0 Å². The van der Waals surface area contributed by atoms with Gasteiger partial charge in [-0.15, -0.1) is 0 Å². The molecule has 0 spiro atoms. The Labute approximate surface area is 131 Å². The number of fused-ring (bicyclic) bond motifs is 1. The first kappa shape index (κ1) is 14.6. The zero-order valence-electron chi connectivity index (χ0n) is 12.8. The quantitative estimate of drug-likeness (QED) is 0.938. The van der Waals surface area contributed by atoms with E-state index in [0.717, 1.165) is 30.6 Å². The molecule has 3 nitrogen and oxygen atoms in total. The van der Waals surface area contributed by atoms with E-state index in [2.05, 4.69) is 23.5 Å². The van der Waals surface area contributed by atoms with Gasteiger partial charge in [0, 0.05) is 0 Å². The summed E-state index contributed by atoms with van der Waals surface area (Å²) in [6.45, 7) is 0. The van der Waals surface area contributed by atoms with Crippen LogP contribution in [0.15, 0.2) is 48.5 Å².